The monoisotopic (exact) mass is 541 g/mol. The average Bonchev–Trinajstić information content (AvgIpc) is 3.49. The minimum atomic E-state index is -0.819. The molecular formula is C29H43N5O5. The van der Waals surface area contributed by atoms with Gasteiger partial charge in [0.25, 0.3) is 0 Å². The summed E-state index contributed by atoms with van der Waals surface area (Å²) in [4.78, 5) is 35.7. The summed E-state index contributed by atoms with van der Waals surface area (Å²) >= 11 is 0. The van der Waals surface area contributed by atoms with Gasteiger partial charge in [-0.05, 0) is 72.8 Å². The van der Waals surface area contributed by atoms with Crippen LogP contribution in [0.1, 0.15) is 104 Å². The zero-order valence-corrected chi connectivity index (χ0v) is 24.4. The van der Waals surface area contributed by atoms with Crippen molar-refractivity contribution < 1.29 is 23.6 Å². The minimum Gasteiger partial charge on any atom is -0.444 e. The molecule has 2 heterocycles. The molecule has 39 heavy (non-hydrogen) atoms. The Kier molecular flexibility index (Phi) is 10.1. The number of aliphatic imine (C=N–C) groups is 1. The Morgan fingerprint density at radius 2 is 1.74 bits per heavy atom. The number of guanidine groups is 1. The fraction of sp³-hybridized carbons (Fsp3) is 0.621. The van der Waals surface area contributed by atoms with Crippen LogP contribution >= 0.6 is 0 Å². The van der Waals surface area contributed by atoms with Crippen molar-refractivity contribution in [2.45, 2.75) is 111 Å². The van der Waals surface area contributed by atoms with Gasteiger partial charge in [0.2, 0.25) is 17.7 Å². The van der Waals surface area contributed by atoms with E-state index in [1.165, 1.54) is 31.2 Å². The van der Waals surface area contributed by atoms with Gasteiger partial charge in [-0.25, -0.2) is 9.59 Å². The van der Waals surface area contributed by atoms with Crippen molar-refractivity contribution in [3.63, 3.8) is 0 Å². The number of nitrogens with one attached hydrogen (secondary N) is 1. The third kappa shape index (κ3) is 9.67. The molecule has 1 aromatic heterocycles. The van der Waals surface area contributed by atoms with E-state index in [9.17, 15) is 9.59 Å². The number of hydrogen-bond donors (Lipinski definition) is 1. The largest absolute Gasteiger partial charge is 0.444 e. The molecule has 0 spiro atoms. The summed E-state index contributed by atoms with van der Waals surface area (Å²) in [5.41, 5.74) is 0.685. The lowest BCUT2D eigenvalue weighted by molar-refractivity contribution is 0.0553. The van der Waals surface area contributed by atoms with Gasteiger partial charge in [-0.15, -0.1) is 4.99 Å². The van der Waals surface area contributed by atoms with Gasteiger partial charge >= 0.3 is 12.2 Å². The molecule has 10 heteroatoms. The number of aryl methyl sites for hydroxylation is 1. The van der Waals surface area contributed by atoms with Crippen LogP contribution in [-0.4, -0.2) is 50.9 Å². The molecule has 2 amide bonds. The Hall–Kier alpha value is -3.43. The minimum absolute atomic E-state index is 0.0215. The molecule has 214 valence electrons. The molecule has 2 aromatic rings. The predicted octanol–water partition coefficient (Wildman–Crippen LogP) is 6.81. The topological polar surface area (TPSA) is 119 Å². The fourth-order valence-corrected chi connectivity index (χ4v) is 4.27. The van der Waals surface area contributed by atoms with E-state index in [2.05, 4.69) is 39.5 Å². The molecule has 0 bridgehead atoms. The van der Waals surface area contributed by atoms with Crippen LogP contribution in [0.3, 0.4) is 0 Å². The van der Waals surface area contributed by atoms with Crippen LogP contribution in [0.4, 0.5) is 9.59 Å². The van der Waals surface area contributed by atoms with E-state index in [1.807, 2.05) is 12.1 Å². The van der Waals surface area contributed by atoms with E-state index >= 15 is 0 Å². The van der Waals surface area contributed by atoms with E-state index < -0.39 is 23.4 Å². The molecule has 10 nitrogen and oxygen atoms in total. The number of alkyl carbamates (subject to hydrolysis) is 1. The average molecular weight is 542 g/mol. The number of hydrogen-bond acceptors (Lipinski definition) is 7. The quantitative estimate of drug-likeness (QED) is 0.231. The van der Waals surface area contributed by atoms with E-state index in [-0.39, 0.29) is 12.0 Å². The Labute approximate surface area is 231 Å². The number of carbonyl (C=O) groups is 2. The molecule has 1 N–H and O–H groups in total. The van der Waals surface area contributed by atoms with Crippen molar-refractivity contribution in [2.24, 2.45) is 4.99 Å². The number of carbonyl (C=O) groups excluding carboxylic acids is 2. The molecule has 1 aromatic carbocycles. The predicted molar refractivity (Wildman–Crippen MR) is 149 cm³/mol. The number of likely N-dealkylation sites (tertiary alicyclic amines) is 1. The lowest BCUT2D eigenvalue weighted by atomic mass is 10.0. The maximum atomic E-state index is 12.6. The van der Waals surface area contributed by atoms with Crippen molar-refractivity contribution >= 4 is 18.1 Å². The van der Waals surface area contributed by atoms with E-state index in [1.54, 1.807) is 46.4 Å². The van der Waals surface area contributed by atoms with Gasteiger partial charge in [0.1, 0.15) is 17.2 Å². The number of ether oxygens (including phenoxy) is 2. The maximum absolute atomic E-state index is 12.6. The standard InChI is InChI=1S/C29H43N5O5/c1-8-9-10-11-13-20-15-17-21(18-16-20)23-30-24(39-33-23)22-14-12-19-34(22)25(31-26(35)37-28(2,3)4)32-27(36)38-29(5,6)7/h15-18,22H,8-14,19H2,1-7H3,(H,31,32,35,36)/t22-/m0/s1. The molecule has 0 radical (unpaired) electrons. The molecule has 1 atom stereocenters. The van der Waals surface area contributed by atoms with E-state index in [4.69, 9.17) is 14.0 Å². The van der Waals surface area contributed by atoms with Crippen LogP contribution in [0.25, 0.3) is 11.4 Å². The highest BCUT2D eigenvalue weighted by molar-refractivity contribution is 5.99. The van der Waals surface area contributed by atoms with Crippen molar-refractivity contribution in [1.29, 1.82) is 0 Å². The number of rotatable bonds is 7. The number of benzene rings is 1. The Morgan fingerprint density at radius 3 is 2.38 bits per heavy atom. The zero-order valence-electron chi connectivity index (χ0n) is 24.4. The molecule has 1 aliphatic rings. The lowest BCUT2D eigenvalue weighted by Gasteiger charge is -2.27. The molecule has 0 aliphatic carbocycles. The maximum Gasteiger partial charge on any atom is 0.437 e. The molecule has 1 fully saturated rings. The van der Waals surface area contributed by atoms with Crippen LogP contribution < -0.4 is 5.32 Å². The lowest BCUT2D eigenvalue weighted by Crippen LogP contribution is -2.46. The Balaban J connectivity index is 1.78. The van der Waals surface area contributed by atoms with Crippen LogP contribution in [0.2, 0.25) is 0 Å². The smallest absolute Gasteiger partial charge is 0.437 e. The van der Waals surface area contributed by atoms with Gasteiger partial charge in [-0.1, -0.05) is 55.6 Å². The molecule has 0 unspecified atom stereocenters. The molecule has 1 saturated heterocycles. The van der Waals surface area contributed by atoms with Gasteiger partial charge in [-0.2, -0.15) is 4.98 Å². The fourth-order valence-electron chi connectivity index (χ4n) is 4.27. The first kappa shape index (κ1) is 30.1. The Morgan fingerprint density at radius 1 is 1.05 bits per heavy atom. The molecule has 1 aliphatic heterocycles. The van der Waals surface area contributed by atoms with Gasteiger partial charge in [0.05, 0.1) is 0 Å². The zero-order chi connectivity index (χ0) is 28.6. The molecule has 0 saturated carbocycles. The normalized spacial score (nSPS) is 16.3. The van der Waals surface area contributed by atoms with Crippen LogP contribution in [0, 0.1) is 0 Å². The summed E-state index contributed by atoms with van der Waals surface area (Å²) < 4.78 is 16.4. The molecular weight excluding hydrogens is 498 g/mol. The number of nitrogens with zero attached hydrogens (tertiary/aromatic N) is 4. The van der Waals surface area contributed by atoms with Crippen molar-refractivity contribution in [3.8, 4) is 11.4 Å². The summed E-state index contributed by atoms with van der Waals surface area (Å²) in [6.45, 7) is 13.3. The van der Waals surface area contributed by atoms with Crippen molar-refractivity contribution in [3.05, 3.63) is 35.7 Å². The second-order valence-corrected chi connectivity index (χ2v) is 11.9. The van der Waals surface area contributed by atoms with Crippen LogP contribution in [-0.2, 0) is 15.9 Å². The second kappa shape index (κ2) is 13.1. The van der Waals surface area contributed by atoms with Crippen molar-refractivity contribution in [1.82, 2.24) is 20.4 Å². The number of unbranched alkanes of at least 4 members (excludes halogenated alkanes) is 3. The van der Waals surface area contributed by atoms with Gasteiger partial charge in [0, 0.05) is 12.1 Å². The van der Waals surface area contributed by atoms with Crippen molar-refractivity contribution in [2.75, 3.05) is 6.54 Å². The molecule has 3 rings (SSSR count). The first-order valence-electron chi connectivity index (χ1n) is 13.9. The third-order valence-corrected chi connectivity index (χ3v) is 5.99. The summed E-state index contributed by atoms with van der Waals surface area (Å²) in [7, 11) is 0. The summed E-state index contributed by atoms with van der Waals surface area (Å²) in [5, 5.41) is 6.83. The second-order valence-electron chi connectivity index (χ2n) is 11.9. The Bertz CT molecular complexity index is 1130. The third-order valence-electron chi connectivity index (χ3n) is 5.99. The summed E-state index contributed by atoms with van der Waals surface area (Å²) in [6.07, 6.45) is 5.88. The number of aromatic nitrogens is 2. The van der Waals surface area contributed by atoms with E-state index in [0.717, 1.165) is 18.4 Å². The van der Waals surface area contributed by atoms with Gasteiger partial charge in [-0.3, -0.25) is 5.32 Å². The highest BCUT2D eigenvalue weighted by Gasteiger charge is 2.35. The van der Waals surface area contributed by atoms with Crippen LogP contribution in [0.5, 0.6) is 0 Å². The highest BCUT2D eigenvalue weighted by Crippen LogP contribution is 2.32. The van der Waals surface area contributed by atoms with Crippen LogP contribution in [0.15, 0.2) is 33.8 Å². The summed E-state index contributed by atoms with van der Waals surface area (Å²) in [6, 6.07) is 7.86. The highest BCUT2D eigenvalue weighted by atomic mass is 16.6. The first-order valence-corrected chi connectivity index (χ1v) is 13.9. The van der Waals surface area contributed by atoms with Gasteiger partial charge < -0.3 is 18.9 Å². The first-order chi connectivity index (χ1) is 18.3. The summed E-state index contributed by atoms with van der Waals surface area (Å²) in [5.74, 6) is 0.891. The van der Waals surface area contributed by atoms with E-state index in [0.29, 0.717) is 24.7 Å². The van der Waals surface area contributed by atoms with Gasteiger partial charge in [0.15, 0.2) is 0 Å². The number of amides is 2. The SMILES string of the molecule is CCCCCCc1ccc(-c2noc([C@@H]3CCCN3C(=NC(=O)OC(C)(C)C)NC(=O)OC(C)(C)C)n2)cc1.